The number of rotatable bonds is 3. The van der Waals surface area contributed by atoms with E-state index in [0.29, 0.717) is 33.2 Å². The lowest BCUT2D eigenvalue weighted by atomic mass is 9.79. The van der Waals surface area contributed by atoms with Crippen molar-refractivity contribution in [1.29, 1.82) is 0 Å². The number of aromatic nitrogens is 2. The highest BCUT2D eigenvalue weighted by Gasteiger charge is 2.27. The van der Waals surface area contributed by atoms with Crippen LogP contribution in [0.5, 0.6) is 11.5 Å². The second kappa shape index (κ2) is 17.9. The summed E-state index contributed by atoms with van der Waals surface area (Å²) in [6.45, 7) is 24.9. The number of amides is 1. The highest BCUT2D eigenvalue weighted by Crippen LogP contribution is 2.40. The van der Waals surface area contributed by atoms with Crippen molar-refractivity contribution in [2.75, 3.05) is 11.1 Å². The smallest absolute Gasteiger partial charge is 0.341 e. The molecular weight excluding hydrogens is 757 g/mol. The van der Waals surface area contributed by atoms with Gasteiger partial charge in [0.15, 0.2) is 0 Å². The van der Waals surface area contributed by atoms with Crippen LogP contribution in [-0.2, 0) is 21.7 Å². The van der Waals surface area contributed by atoms with E-state index in [9.17, 15) is 29.4 Å². The molecule has 8 N–H and O–H groups in total. The number of H-pyrrole nitrogens is 2. The minimum Gasteiger partial charge on any atom is -0.508 e. The molecule has 0 radical (unpaired) electrons. The third-order valence-corrected chi connectivity index (χ3v) is 9.84. The lowest BCUT2D eigenvalue weighted by Gasteiger charge is -2.28. The third-order valence-electron chi connectivity index (χ3n) is 9.84. The van der Waals surface area contributed by atoms with Crippen molar-refractivity contribution in [3.05, 3.63) is 139 Å². The summed E-state index contributed by atoms with van der Waals surface area (Å²) in [6.07, 6.45) is 2.65. The van der Waals surface area contributed by atoms with Gasteiger partial charge in [0.2, 0.25) is 10.9 Å². The monoisotopic (exact) mass is 818 g/mol. The average Bonchev–Trinajstić information content (AvgIpc) is 3.10. The Morgan fingerprint density at radius 1 is 0.567 bits per heavy atom. The molecule has 60 heavy (non-hydrogen) atoms. The van der Waals surface area contributed by atoms with Gasteiger partial charge in [-0.3, -0.25) is 14.4 Å². The Morgan fingerprint density at radius 3 is 1.38 bits per heavy atom. The maximum absolute atomic E-state index is 12.9. The third kappa shape index (κ3) is 11.0. The van der Waals surface area contributed by atoms with Gasteiger partial charge in [0.05, 0.1) is 0 Å². The molecule has 0 saturated carbocycles. The van der Waals surface area contributed by atoms with E-state index < -0.39 is 17.3 Å². The van der Waals surface area contributed by atoms with Crippen LogP contribution in [-0.4, -0.2) is 37.2 Å². The second-order valence-corrected chi connectivity index (χ2v) is 18.8. The van der Waals surface area contributed by atoms with E-state index in [-0.39, 0.29) is 57.1 Å². The first kappa shape index (κ1) is 48.0. The number of nitrogen functional groups attached to an aromatic ring is 1. The van der Waals surface area contributed by atoms with Gasteiger partial charge in [0, 0.05) is 57.7 Å². The van der Waals surface area contributed by atoms with E-state index in [1.54, 1.807) is 54.6 Å². The quantitative estimate of drug-likeness (QED) is 0.0856. The minimum absolute atomic E-state index is 0. The van der Waals surface area contributed by atoms with Gasteiger partial charge >= 0.3 is 5.97 Å². The summed E-state index contributed by atoms with van der Waals surface area (Å²) in [7, 11) is 0. The number of benzene rings is 4. The van der Waals surface area contributed by atoms with Gasteiger partial charge in [-0.15, -0.1) is 0 Å². The molecule has 320 valence electrons. The van der Waals surface area contributed by atoms with Gasteiger partial charge in [0.1, 0.15) is 22.6 Å². The standard InChI is InChI=1S/C24H28N2O3.C14H23NO.C10H7NO3.CH4/c1-23(2,3)16-11-17(24(4,5)6)20(27)12-19(16)26-22(29)15-13-25-18-10-8-7-9-14(18)21(15)28;1-13(2,3)9-7-10(14(4,5)6)12(16)8-11(9)15;12-9-6-3-1-2-4-8(6)11-5-7(9)10(13)14;/h7-13,27H,1-6H3,(H,25,28)(H,26,29);7-8,16H,15H2,1-6H3;1-5H,(H,11,12)(H,13,14);1H4. The number of hydrogen-bond acceptors (Lipinski definition) is 7. The van der Waals surface area contributed by atoms with Crippen LogP contribution in [0.2, 0.25) is 0 Å². The number of aromatic hydroxyl groups is 2. The van der Waals surface area contributed by atoms with Crippen LogP contribution in [0.3, 0.4) is 0 Å². The number of phenolic OH excluding ortho intramolecular Hbond substituents is 2. The molecule has 6 aromatic rings. The van der Waals surface area contributed by atoms with Crippen LogP contribution in [0.1, 0.15) is 133 Å². The predicted octanol–water partition coefficient (Wildman–Crippen LogP) is 10.5. The zero-order chi connectivity index (χ0) is 44.4. The van der Waals surface area contributed by atoms with Gasteiger partial charge in [0.25, 0.3) is 5.91 Å². The van der Waals surface area contributed by atoms with Gasteiger partial charge in [-0.25, -0.2) is 4.79 Å². The van der Waals surface area contributed by atoms with Gasteiger partial charge in [-0.05, 0) is 80.3 Å². The lowest BCUT2D eigenvalue weighted by Crippen LogP contribution is -2.25. The van der Waals surface area contributed by atoms with E-state index in [2.05, 4.69) is 56.8 Å². The Bertz CT molecular complexity index is 2610. The number of pyridine rings is 2. The van der Waals surface area contributed by atoms with E-state index in [4.69, 9.17) is 10.8 Å². The normalized spacial score (nSPS) is 11.7. The number of anilines is 2. The van der Waals surface area contributed by atoms with Crippen LogP contribution in [0.15, 0.2) is 94.8 Å². The van der Waals surface area contributed by atoms with Gasteiger partial charge < -0.3 is 36.3 Å². The molecule has 6 rings (SSSR count). The molecule has 0 unspecified atom stereocenters. The number of carboxylic acids is 1. The topological polar surface area (TPSA) is 199 Å². The second-order valence-electron chi connectivity index (χ2n) is 18.8. The van der Waals surface area contributed by atoms with E-state index in [0.717, 1.165) is 22.3 Å². The van der Waals surface area contributed by atoms with Crippen LogP contribution in [0.25, 0.3) is 21.8 Å². The summed E-state index contributed by atoms with van der Waals surface area (Å²) in [5.41, 5.74) is 10.6. The molecule has 0 atom stereocenters. The van der Waals surface area contributed by atoms with Crippen LogP contribution >= 0.6 is 0 Å². The van der Waals surface area contributed by atoms with E-state index >= 15 is 0 Å². The molecule has 1 amide bonds. The molecular formula is C49H62N4O7. The zero-order valence-corrected chi connectivity index (χ0v) is 36.1. The molecule has 0 bridgehead atoms. The van der Waals surface area contributed by atoms with Crippen molar-refractivity contribution in [3.8, 4) is 11.5 Å². The molecule has 4 aromatic carbocycles. The number of hydrogen-bond donors (Lipinski definition) is 7. The summed E-state index contributed by atoms with van der Waals surface area (Å²) in [5, 5.41) is 32.9. The number of phenols is 2. The zero-order valence-electron chi connectivity index (χ0n) is 36.1. The molecule has 0 aliphatic heterocycles. The summed E-state index contributed by atoms with van der Waals surface area (Å²) in [5.74, 6) is -1.31. The number of nitrogens with one attached hydrogen (secondary N) is 3. The largest absolute Gasteiger partial charge is 0.508 e. The summed E-state index contributed by atoms with van der Waals surface area (Å²) >= 11 is 0. The van der Waals surface area contributed by atoms with Crippen molar-refractivity contribution in [2.45, 2.75) is 112 Å². The molecule has 11 nitrogen and oxygen atoms in total. The average molecular weight is 819 g/mol. The number of carbonyl (C=O) groups is 2. The lowest BCUT2D eigenvalue weighted by molar-refractivity contribution is 0.0695. The number of carboxylic acid groups (broad SMARTS) is 1. The van der Waals surface area contributed by atoms with Crippen molar-refractivity contribution in [2.24, 2.45) is 0 Å². The number of para-hydroxylation sites is 2. The fourth-order valence-corrected chi connectivity index (χ4v) is 6.62. The number of carbonyl (C=O) groups excluding carboxylic acids is 1. The number of fused-ring (bicyclic) bond motifs is 2. The van der Waals surface area contributed by atoms with Gasteiger partial charge in [-0.1, -0.05) is 115 Å². The van der Waals surface area contributed by atoms with Gasteiger partial charge in [-0.2, -0.15) is 0 Å². The Balaban J connectivity index is 0.000000262. The predicted molar refractivity (Wildman–Crippen MR) is 246 cm³/mol. The molecule has 0 spiro atoms. The molecule has 0 saturated heterocycles. The first-order chi connectivity index (χ1) is 27.1. The van der Waals surface area contributed by atoms with Crippen molar-refractivity contribution >= 4 is 45.1 Å². The number of aromatic amines is 2. The van der Waals surface area contributed by atoms with Crippen LogP contribution < -0.4 is 21.9 Å². The first-order valence-electron chi connectivity index (χ1n) is 19.4. The van der Waals surface area contributed by atoms with Crippen LogP contribution in [0.4, 0.5) is 11.4 Å². The maximum atomic E-state index is 12.9. The summed E-state index contributed by atoms with van der Waals surface area (Å²) in [6, 6.07) is 21.1. The Kier molecular flexibility index (Phi) is 14.3. The van der Waals surface area contributed by atoms with E-state index in [1.165, 1.54) is 12.4 Å². The summed E-state index contributed by atoms with van der Waals surface area (Å²) in [4.78, 5) is 53.7. The van der Waals surface area contributed by atoms with Crippen LogP contribution in [0, 0.1) is 0 Å². The number of aromatic carboxylic acids is 1. The molecule has 0 aliphatic carbocycles. The Hall–Kier alpha value is -6.36. The highest BCUT2D eigenvalue weighted by atomic mass is 16.4. The Labute approximate surface area is 352 Å². The van der Waals surface area contributed by atoms with Crippen molar-refractivity contribution in [3.63, 3.8) is 0 Å². The molecule has 0 aliphatic rings. The SMILES string of the molecule is C.CC(C)(C)c1cc(C(C)(C)C)c(NC(=O)c2c[nH]c3ccccc3c2=O)cc1O.CC(C)(C)c1cc(C(C)(C)C)c(O)cc1N.O=C(O)c1c[nH]c2ccccc2c1=O. The minimum atomic E-state index is -1.21. The fraction of sp³-hybridized carbons (Fsp3) is 0.347. The molecule has 2 heterocycles. The van der Waals surface area contributed by atoms with E-state index in [1.807, 2.05) is 59.7 Å². The first-order valence-corrected chi connectivity index (χ1v) is 19.4. The molecule has 0 fully saturated rings. The molecule has 2 aromatic heterocycles. The Morgan fingerprint density at radius 2 is 0.950 bits per heavy atom. The fourth-order valence-electron chi connectivity index (χ4n) is 6.62. The van der Waals surface area contributed by atoms with Crippen molar-refractivity contribution in [1.82, 2.24) is 9.97 Å². The summed E-state index contributed by atoms with van der Waals surface area (Å²) < 4.78 is 0. The number of nitrogens with two attached hydrogens (primary N) is 1. The maximum Gasteiger partial charge on any atom is 0.341 e. The molecule has 11 heteroatoms. The highest BCUT2D eigenvalue weighted by molar-refractivity contribution is 6.06. The van der Waals surface area contributed by atoms with Crippen molar-refractivity contribution < 1.29 is 24.9 Å².